The van der Waals surface area contributed by atoms with Crippen molar-refractivity contribution in [2.45, 2.75) is 12.8 Å². The van der Waals surface area contributed by atoms with Gasteiger partial charge in [-0.1, -0.05) is 0 Å². The number of aromatic carboxylic acids is 1. The molecule has 6 heteroatoms. The van der Waals surface area contributed by atoms with Crippen LogP contribution in [0.1, 0.15) is 21.7 Å². The molecule has 1 aliphatic rings. The fourth-order valence-electron chi connectivity index (χ4n) is 1.65. The summed E-state index contributed by atoms with van der Waals surface area (Å²) in [4.78, 5) is 17.7. The number of carbonyl (C=O) groups is 1. The molecule has 80 valence electrons. The molecule has 5 nitrogen and oxygen atoms in total. The molecule has 0 amide bonds. The maximum Gasteiger partial charge on any atom is 0.354 e. The first-order valence-corrected chi connectivity index (χ1v) is 5.02. The fraction of sp³-hybridized carbons (Fsp3) is 0.444. The van der Waals surface area contributed by atoms with E-state index in [2.05, 4.69) is 9.97 Å². The molecule has 0 atom stereocenters. The van der Waals surface area contributed by atoms with E-state index in [0.717, 1.165) is 5.69 Å². The van der Waals surface area contributed by atoms with Crippen molar-refractivity contribution in [2.75, 3.05) is 13.2 Å². The highest BCUT2D eigenvalue weighted by Gasteiger charge is 2.18. The first-order chi connectivity index (χ1) is 7.18. The Hall–Kier alpha value is -1.27. The van der Waals surface area contributed by atoms with Gasteiger partial charge < -0.3 is 14.8 Å². The van der Waals surface area contributed by atoms with E-state index in [1.807, 2.05) is 0 Å². The lowest BCUT2D eigenvalue weighted by Crippen LogP contribution is -2.11. The normalized spacial score (nSPS) is 15.5. The Kier molecular flexibility index (Phi) is 2.79. The lowest BCUT2D eigenvalue weighted by molar-refractivity contribution is 0.0688. The second kappa shape index (κ2) is 4.08. The molecule has 0 bridgehead atoms. The van der Waals surface area contributed by atoms with E-state index in [0.29, 0.717) is 31.6 Å². The predicted octanol–water partition coefficient (Wildman–Crippen LogP) is 0.953. The summed E-state index contributed by atoms with van der Waals surface area (Å²) >= 11 is 4.88. The third-order valence-corrected chi connectivity index (χ3v) is 2.51. The molecule has 1 aliphatic heterocycles. The van der Waals surface area contributed by atoms with Gasteiger partial charge in [-0.05, 0) is 18.6 Å². The van der Waals surface area contributed by atoms with E-state index in [1.54, 1.807) is 0 Å². The van der Waals surface area contributed by atoms with Gasteiger partial charge in [-0.25, -0.2) is 9.78 Å². The standard InChI is InChI=1S/C9H10N2O3S/c12-8(13)7-5-1-3-14-4-2-6(5)10-9(15)11-7/h1-4H2,(H,12,13)(H,10,11,15). The summed E-state index contributed by atoms with van der Waals surface area (Å²) in [6.45, 7) is 1.11. The van der Waals surface area contributed by atoms with Crippen LogP contribution in [0.4, 0.5) is 0 Å². The van der Waals surface area contributed by atoms with Crippen molar-refractivity contribution in [2.24, 2.45) is 0 Å². The van der Waals surface area contributed by atoms with Gasteiger partial charge in [0, 0.05) is 17.7 Å². The van der Waals surface area contributed by atoms with Crippen molar-refractivity contribution in [3.63, 3.8) is 0 Å². The molecule has 0 aromatic carbocycles. The van der Waals surface area contributed by atoms with E-state index in [9.17, 15) is 4.79 Å². The van der Waals surface area contributed by atoms with Gasteiger partial charge in [0.25, 0.3) is 0 Å². The van der Waals surface area contributed by atoms with Crippen LogP contribution in [0.2, 0.25) is 0 Å². The molecule has 2 heterocycles. The van der Waals surface area contributed by atoms with Crippen molar-refractivity contribution in [1.82, 2.24) is 9.97 Å². The van der Waals surface area contributed by atoms with E-state index in [1.165, 1.54) is 0 Å². The number of H-pyrrole nitrogens is 1. The van der Waals surface area contributed by atoms with Crippen molar-refractivity contribution in [3.05, 3.63) is 21.7 Å². The molecular formula is C9H10N2O3S. The van der Waals surface area contributed by atoms with Crippen LogP contribution in [0.15, 0.2) is 0 Å². The Morgan fingerprint density at radius 3 is 2.93 bits per heavy atom. The van der Waals surface area contributed by atoms with Gasteiger partial charge in [0.05, 0.1) is 13.2 Å². The zero-order valence-corrected chi connectivity index (χ0v) is 8.76. The van der Waals surface area contributed by atoms with Crippen LogP contribution in [-0.4, -0.2) is 34.3 Å². The number of ether oxygens (including phenoxy) is 1. The Morgan fingerprint density at radius 2 is 2.20 bits per heavy atom. The Bertz CT molecular complexity index is 455. The zero-order valence-electron chi connectivity index (χ0n) is 7.95. The topological polar surface area (TPSA) is 75.2 Å². The van der Waals surface area contributed by atoms with Gasteiger partial charge in [-0.15, -0.1) is 0 Å². The van der Waals surface area contributed by atoms with Crippen molar-refractivity contribution < 1.29 is 14.6 Å². The summed E-state index contributed by atoms with van der Waals surface area (Å²) in [6, 6.07) is 0. The van der Waals surface area contributed by atoms with Crippen molar-refractivity contribution >= 4 is 18.2 Å². The smallest absolute Gasteiger partial charge is 0.354 e. The quantitative estimate of drug-likeness (QED) is 0.697. The number of fused-ring (bicyclic) bond motifs is 1. The summed E-state index contributed by atoms with van der Waals surface area (Å²) in [5.41, 5.74) is 1.61. The number of carboxylic acid groups (broad SMARTS) is 1. The van der Waals surface area contributed by atoms with Gasteiger partial charge in [0.15, 0.2) is 10.5 Å². The molecule has 1 aromatic heterocycles. The Labute approximate surface area is 91.1 Å². The molecule has 2 rings (SSSR count). The average molecular weight is 226 g/mol. The molecule has 0 aliphatic carbocycles. The van der Waals surface area contributed by atoms with Gasteiger partial charge in [-0.2, -0.15) is 0 Å². The van der Waals surface area contributed by atoms with E-state index in [-0.39, 0.29) is 10.5 Å². The first kappa shape index (κ1) is 10.3. The molecule has 0 unspecified atom stereocenters. The SMILES string of the molecule is O=C(O)c1nc(=S)[nH]c2c1CCOCC2. The highest BCUT2D eigenvalue weighted by atomic mass is 32.1. The van der Waals surface area contributed by atoms with E-state index < -0.39 is 5.97 Å². The number of carboxylic acids is 1. The molecule has 0 saturated carbocycles. The minimum Gasteiger partial charge on any atom is -0.476 e. The van der Waals surface area contributed by atoms with Crippen LogP contribution in [0.3, 0.4) is 0 Å². The number of hydrogen-bond acceptors (Lipinski definition) is 4. The summed E-state index contributed by atoms with van der Waals surface area (Å²) in [5.74, 6) is -1.03. The molecule has 15 heavy (non-hydrogen) atoms. The van der Waals surface area contributed by atoms with Gasteiger partial charge >= 0.3 is 5.97 Å². The predicted molar refractivity (Wildman–Crippen MR) is 54.6 cm³/mol. The number of hydrogen-bond donors (Lipinski definition) is 2. The lowest BCUT2D eigenvalue weighted by atomic mass is 10.1. The molecule has 0 spiro atoms. The highest BCUT2D eigenvalue weighted by molar-refractivity contribution is 7.71. The Morgan fingerprint density at radius 1 is 1.47 bits per heavy atom. The van der Waals surface area contributed by atoms with Crippen LogP contribution in [-0.2, 0) is 17.6 Å². The number of aromatic nitrogens is 2. The van der Waals surface area contributed by atoms with Crippen LogP contribution in [0.25, 0.3) is 0 Å². The van der Waals surface area contributed by atoms with Crippen molar-refractivity contribution in [1.29, 1.82) is 0 Å². The van der Waals surface area contributed by atoms with Crippen LogP contribution in [0.5, 0.6) is 0 Å². The van der Waals surface area contributed by atoms with Gasteiger partial charge in [0.2, 0.25) is 0 Å². The lowest BCUT2D eigenvalue weighted by Gasteiger charge is -2.07. The third-order valence-electron chi connectivity index (χ3n) is 2.32. The van der Waals surface area contributed by atoms with Gasteiger partial charge in [0.1, 0.15) is 0 Å². The molecular weight excluding hydrogens is 216 g/mol. The van der Waals surface area contributed by atoms with Crippen LogP contribution in [0, 0.1) is 4.77 Å². The van der Waals surface area contributed by atoms with Crippen LogP contribution >= 0.6 is 12.2 Å². The summed E-state index contributed by atoms with van der Waals surface area (Å²) in [7, 11) is 0. The minimum absolute atomic E-state index is 0.0549. The average Bonchev–Trinajstić information content (AvgIpc) is 2.41. The second-order valence-electron chi connectivity index (χ2n) is 3.27. The van der Waals surface area contributed by atoms with Gasteiger partial charge in [-0.3, -0.25) is 0 Å². The molecule has 0 saturated heterocycles. The monoisotopic (exact) mass is 226 g/mol. The van der Waals surface area contributed by atoms with E-state index in [4.69, 9.17) is 22.1 Å². The third kappa shape index (κ3) is 2.05. The number of nitrogens with zero attached hydrogens (tertiary/aromatic N) is 1. The maximum absolute atomic E-state index is 11.0. The fourth-order valence-corrected chi connectivity index (χ4v) is 1.87. The van der Waals surface area contributed by atoms with Crippen LogP contribution < -0.4 is 0 Å². The summed E-state index contributed by atoms with van der Waals surface area (Å²) in [6.07, 6.45) is 1.22. The molecule has 2 N–H and O–H groups in total. The zero-order chi connectivity index (χ0) is 10.8. The largest absolute Gasteiger partial charge is 0.476 e. The summed E-state index contributed by atoms with van der Waals surface area (Å²) < 4.78 is 5.49. The second-order valence-corrected chi connectivity index (χ2v) is 3.65. The minimum atomic E-state index is -1.03. The molecule has 0 fully saturated rings. The number of rotatable bonds is 1. The molecule has 1 aromatic rings. The molecule has 0 radical (unpaired) electrons. The van der Waals surface area contributed by atoms with E-state index >= 15 is 0 Å². The number of nitrogens with one attached hydrogen (secondary N) is 1. The highest BCUT2D eigenvalue weighted by Crippen LogP contribution is 2.15. The number of aromatic amines is 1. The summed E-state index contributed by atoms with van der Waals surface area (Å²) in [5, 5.41) is 8.99. The Balaban J connectivity index is 2.59. The maximum atomic E-state index is 11.0. The first-order valence-electron chi connectivity index (χ1n) is 4.61. The van der Waals surface area contributed by atoms with Crippen molar-refractivity contribution in [3.8, 4) is 0 Å².